The van der Waals surface area contributed by atoms with Gasteiger partial charge in [-0.15, -0.1) is 0 Å². The number of nitrogens with zero attached hydrogens (tertiary/aromatic N) is 4. The summed E-state index contributed by atoms with van der Waals surface area (Å²) in [5, 5.41) is 77.2. The SMILES string of the molecule is CCC(O)CNCC[N+](CCN(CCN(CCN(CC(O)CC)CC(O)CC)CC(O)CC)CC(O)CC)(CC(O)CC)CC(O)CC. The van der Waals surface area contributed by atoms with E-state index >= 15 is 0 Å². The van der Waals surface area contributed by atoms with Gasteiger partial charge in [0.25, 0.3) is 0 Å². The lowest BCUT2D eigenvalue weighted by atomic mass is 10.1. The zero-order chi connectivity index (χ0) is 36.5. The molecule has 0 rings (SSSR count). The summed E-state index contributed by atoms with van der Waals surface area (Å²) in [5.74, 6) is 0. The molecule has 0 aliphatic rings. The van der Waals surface area contributed by atoms with E-state index in [1.165, 1.54) is 0 Å². The predicted octanol–water partition coefficient (Wildman–Crippen LogP) is 0.695. The molecule has 0 aliphatic carbocycles. The molecule has 0 saturated heterocycles. The lowest BCUT2D eigenvalue weighted by molar-refractivity contribution is -0.932. The Kier molecular flexibility index (Phi) is 27.9. The predicted molar refractivity (Wildman–Crippen MR) is 196 cm³/mol. The number of quaternary nitrogens is 1. The number of aliphatic hydroxyl groups is 7. The molecule has 0 aromatic carbocycles. The second-order valence-corrected chi connectivity index (χ2v) is 14.2. The zero-order valence-electron chi connectivity index (χ0n) is 32.0. The summed E-state index contributed by atoms with van der Waals surface area (Å²) in [5.41, 5.74) is 0. The molecule has 12 heteroatoms. The molecule has 0 radical (unpaired) electrons. The molecule has 48 heavy (non-hydrogen) atoms. The Balaban J connectivity index is 6.00. The van der Waals surface area contributed by atoms with Gasteiger partial charge in [0.1, 0.15) is 25.3 Å². The minimum atomic E-state index is -0.503. The molecule has 7 atom stereocenters. The van der Waals surface area contributed by atoms with Gasteiger partial charge in [0, 0.05) is 72.0 Å². The van der Waals surface area contributed by atoms with Crippen LogP contribution >= 0.6 is 0 Å². The van der Waals surface area contributed by atoms with Crippen LogP contribution in [0.2, 0.25) is 0 Å². The summed E-state index contributed by atoms with van der Waals surface area (Å²) in [6, 6.07) is 0. The Hall–Kier alpha value is -0.480. The lowest BCUT2D eigenvalue weighted by Crippen LogP contribution is -2.60. The molecule has 0 saturated carbocycles. The van der Waals surface area contributed by atoms with Crippen molar-refractivity contribution in [3.8, 4) is 0 Å². The maximum atomic E-state index is 10.9. The van der Waals surface area contributed by atoms with Gasteiger partial charge < -0.3 is 45.5 Å². The van der Waals surface area contributed by atoms with E-state index in [1.807, 2.05) is 48.5 Å². The van der Waals surface area contributed by atoms with Crippen LogP contribution in [0.4, 0.5) is 0 Å². The van der Waals surface area contributed by atoms with E-state index in [9.17, 15) is 35.7 Å². The molecule has 0 aromatic heterocycles. The Bertz CT molecular complexity index is 719. The molecule has 0 aromatic rings. The summed E-state index contributed by atoms with van der Waals surface area (Å²) in [6.07, 6.45) is 1.21. The largest absolute Gasteiger partial charge is 0.392 e. The first-order valence-electron chi connectivity index (χ1n) is 19.3. The highest BCUT2D eigenvalue weighted by Crippen LogP contribution is 2.15. The van der Waals surface area contributed by atoms with Crippen molar-refractivity contribution in [1.82, 2.24) is 20.0 Å². The summed E-state index contributed by atoms with van der Waals surface area (Å²) < 4.78 is 0.532. The number of nitrogens with one attached hydrogen (secondary N) is 1. The lowest BCUT2D eigenvalue weighted by Gasteiger charge is -2.43. The summed E-state index contributed by atoms with van der Waals surface area (Å²) in [7, 11) is 0. The molecule has 7 unspecified atom stereocenters. The molecule has 0 spiro atoms. The first kappa shape index (κ1) is 47.5. The van der Waals surface area contributed by atoms with Crippen molar-refractivity contribution < 1.29 is 40.2 Å². The van der Waals surface area contributed by atoms with Crippen LogP contribution < -0.4 is 5.32 Å². The fraction of sp³-hybridized carbons (Fsp3) is 1.00. The van der Waals surface area contributed by atoms with Crippen LogP contribution in [0.3, 0.4) is 0 Å². The van der Waals surface area contributed by atoms with Gasteiger partial charge in [0.2, 0.25) is 0 Å². The first-order chi connectivity index (χ1) is 22.8. The molecule has 0 aliphatic heterocycles. The molecule has 0 fully saturated rings. The van der Waals surface area contributed by atoms with Gasteiger partial charge >= 0.3 is 0 Å². The Morgan fingerprint density at radius 3 is 1.12 bits per heavy atom. The highest BCUT2D eigenvalue weighted by atomic mass is 16.3. The summed E-state index contributed by atoms with van der Waals surface area (Å²) in [4.78, 5) is 6.64. The van der Waals surface area contributed by atoms with Crippen LogP contribution in [0.1, 0.15) is 93.4 Å². The van der Waals surface area contributed by atoms with Crippen molar-refractivity contribution in [2.45, 2.75) is 136 Å². The average Bonchev–Trinajstić information content (AvgIpc) is 3.08. The van der Waals surface area contributed by atoms with Crippen LogP contribution in [-0.2, 0) is 0 Å². The molecule has 8 N–H and O–H groups in total. The second kappa shape index (κ2) is 28.1. The topological polar surface area (TPSA) is 163 Å². The van der Waals surface area contributed by atoms with E-state index in [0.717, 1.165) is 0 Å². The Morgan fingerprint density at radius 1 is 0.417 bits per heavy atom. The summed E-state index contributed by atoms with van der Waals surface area (Å²) in [6.45, 7) is 22.7. The molecular weight excluding hydrogens is 614 g/mol. The van der Waals surface area contributed by atoms with E-state index in [-0.39, 0.29) is 0 Å². The fourth-order valence-corrected chi connectivity index (χ4v) is 5.91. The third kappa shape index (κ3) is 22.4. The molecule has 0 amide bonds. The van der Waals surface area contributed by atoms with Gasteiger partial charge in [0.15, 0.2) is 0 Å². The zero-order valence-corrected chi connectivity index (χ0v) is 32.0. The molecule has 0 bridgehead atoms. The maximum absolute atomic E-state index is 10.9. The van der Waals surface area contributed by atoms with Crippen LogP contribution in [0.25, 0.3) is 0 Å². The maximum Gasteiger partial charge on any atom is 0.105 e. The normalized spacial score (nSPS) is 18.2. The van der Waals surface area contributed by atoms with Crippen molar-refractivity contribution in [3.63, 3.8) is 0 Å². The van der Waals surface area contributed by atoms with E-state index < -0.39 is 42.7 Å². The Labute approximate surface area is 294 Å². The fourth-order valence-electron chi connectivity index (χ4n) is 5.91. The highest BCUT2D eigenvalue weighted by Gasteiger charge is 2.33. The van der Waals surface area contributed by atoms with E-state index in [4.69, 9.17) is 0 Å². The summed E-state index contributed by atoms with van der Waals surface area (Å²) >= 11 is 0. The van der Waals surface area contributed by atoms with Gasteiger partial charge in [0.05, 0.1) is 43.6 Å². The molecule has 12 nitrogen and oxygen atoms in total. The van der Waals surface area contributed by atoms with Gasteiger partial charge in [-0.25, -0.2) is 0 Å². The van der Waals surface area contributed by atoms with Crippen molar-refractivity contribution in [1.29, 1.82) is 0 Å². The first-order valence-corrected chi connectivity index (χ1v) is 19.3. The van der Waals surface area contributed by atoms with Gasteiger partial charge in [-0.1, -0.05) is 48.5 Å². The highest BCUT2D eigenvalue weighted by molar-refractivity contribution is 4.74. The number of hydrogen-bond acceptors (Lipinski definition) is 11. The van der Waals surface area contributed by atoms with E-state index in [0.29, 0.717) is 148 Å². The van der Waals surface area contributed by atoms with Gasteiger partial charge in [-0.3, -0.25) is 14.7 Å². The molecule has 0 heterocycles. The standard InChI is InChI=1S/C36H80N5O7/c1-8-30(42)23-37-15-21-41(28-35(47)13-6,29-36(48)14-7)22-20-39(25-32(44)10-3)17-16-38(24-31(43)9-2)18-19-40(26-33(45)11-4)27-34(46)12-5/h30-37,42-48H,8-29H2,1-7H3/q+1. The minimum Gasteiger partial charge on any atom is -0.392 e. The minimum absolute atomic E-state index is 0.407. The number of aliphatic hydroxyl groups excluding tert-OH is 7. The number of rotatable bonds is 33. The van der Waals surface area contributed by atoms with E-state index in [2.05, 4.69) is 20.0 Å². The van der Waals surface area contributed by atoms with Crippen molar-refractivity contribution in [2.24, 2.45) is 0 Å². The van der Waals surface area contributed by atoms with Crippen molar-refractivity contribution in [3.05, 3.63) is 0 Å². The van der Waals surface area contributed by atoms with Gasteiger partial charge in [-0.2, -0.15) is 0 Å². The average molecular weight is 695 g/mol. The van der Waals surface area contributed by atoms with Crippen molar-refractivity contribution >= 4 is 0 Å². The smallest absolute Gasteiger partial charge is 0.105 e. The monoisotopic (exact) mass is 695 g/mol. The Morgan fingerprint density at radius 2 is 0.750 bits per heavy atom. The third-order valence-corrected chi connectivity index (χ3v) is 9.87. The third-order valence-electron chi connectivity index (χ3n) is 9.87. The van der Waals surface area contributed by atoms with Crippen LogP contribution in [-0.4, -0.2) is 196 Å². The second-order valence-electron chi connectivity index (χ2n) is 14.2. The molecule has 290 valence electrons. The van der Waals surface area contributed by atoms with Crippen LogP contribution in [0, 0.1) is 0 Å². The van der Waals surface area contributed by atoms with Gasteiger partial charge in [-0.05, 0) is 44.9 Å². The molecular formula is C36H80N5O7+. The number of hydrogen-bond donors (Lipinski definition) is 8. The van der Waals surface area contributed by atoms with Crippen LogP contribution in [0.15, 0.2) is 0 Å². The quantitative estimate of drug-likeness (QED) is 0.0361. The van der Waals surface area contributed by atoms with Crippen LogP contribution in [0.5, 0.6) is 0 Å². The van der Waals surface area contributed by atoms with Crippen molar-refractivity contribution in [2.75, 3.05) is 98.2 Å². The van der Waals surface area contributed by atoms with E-state index in [1.54, 1.807) is 0 Å².